The van der Waals surface area contributed by atoms with E-state index < -0.39 is 5.41 Å². The summed E-state index contributed by atoms with van der Waals surface area (Å²) in [5, 5.41) is 13.6. The molecule has 1 heterocycles. The minimum absolute atomic E-state index is 0.0116. The predicted molar refractivity (Wildman–Crippen MR) is 125 cm³/mol. The Morgan fingerprint density at radius 2 is 1.94 bits per heavy atom. The third-order valence-electron chi connectivity index (χ3n) is 6.27. The van der Waals surface area contributed by atoms with Gasteiger partial charge in [-0.05, 0) is 61.2 Å². The predicted octanol–water partition coefficient (Wildman–Crippen LogP) is 5.00. The SMILES string of the molecule is COc1cccc(C2(C(=O)Nc3ccc4c(c3)cc(C(C)(C)C)n4CCCO)CC2)c1. The van der Waals surface area contributed by atoms with E-state index in [0.717, 1.165) is 47.3 Å². The van der Waals surface area contributed by atoms with Crippen molar-refractivity contribution in [1.82, 2.24) is 4.57 Å². The molecule has 3 aromatic rings. The van der Waals surface area contributed by atoms with Crippen molar-refractivity contribution in [3.8, 4) is 5.75 Å². The molecule has 0 spiro atoms. The van der Waals surface area contributed by atoms with Crippen molar-refractivity contribution < 1.29 is 14.6 Å². The first-order chi connectivity index (χ1) is 14.8. The number of rotatable bonds is 7. The van der Waals surface area contributed by atoms with E-state index in [9.17, 15) is 9.90 Å². The van der Waals surface area contributed by atoms with Gasteiger partial charge in [-0.3, -0.25) is 4.79 Å². The number of hydrogen-bond acceptors (Lipinski definition) is 3. The van der Waals surface area contributed by atoms with Crippen molar-refractivity contribution in [3.05, 3.63) is 59.8 Å². The van der Waals surface area contributed by atoms with E-state index in [-0.39, 0.29) is 17.9 Å². The third kappa shape index (κ3) is 4.07. The molecular formula is C26H32N2O3. The molecule has 1 saturated carbocycles. The van der Waals surface area contributed by atoms with Crippen molar-refractivity contribution in [1.29, 1.82) is 0 Å². The van der Waals surface area contributed by atoms with E-state index in [4.69, 9.17) is 4.74 Å². The number of benzene rings is 2. The van der Waals surface area contributed by atoms with Crippen molar-refractivity contribution in [2.75, 3.05) is 19.0 Å². The van der Waals surface area contributed by atoms with Gasteiger partial charge in [0.25, 0.3) is 0 Å². The number of hydrogen-bond donors (Lipinski definition) is 2. The second kappa shape index (κ2) is 8.04. The number of fused-ring (bicyclic) bond motifs is 1. The number of nitrogens with one attached hydrogen (secondary N) is 1. The Hall–Kier alpha value is -2.79. The molecule has 31 heavy (non-hydrogen) atoms. The van der Waals surface area contributed by atoms with E-state index in [1.807, 2.05) is 30.3 Å². The summed E-state index contributed by atoms with van der Waals surface area (Å²) in [6.45, 7) is 7.54. The minimum atomic E-state index is -0.465. The molecule has 5 heteroatoms. The molecule has 0 bridgehead atoms. The van der Waals surface area contributed by atoms with Gasteiger partial charge in [0.1, 0.15) is 5.75 Å². The van der Waals surface area contributed by atoms with Crippen molar-refractivity contribution in [3.63, 3.8) is 0 Å². The molecule has 0 atom stereocenters. The maximum Gasteiger partial charge on any atom is 0.235 e. The zero-order chi connectivity index (χ0) is 22.2. The van der Waals surface area contributed by atoms with Gasteiger partial charge in [0, 0.05) is 40.9 Å². The summed E-state index contributed by atoms with van der Waals surface area (Å²) in [5.41, 5.74) is 3.71. The lowest BCUT2D eigenvalue weighted by molar-refractivity contribution is -0.118. The van der Waals surface area contributed by atoms with Crippen molar-refractivity contribution in [2.24, 2.45) is 0 Å². The molecule has 5 nitrogen and oxygen atoms in total. The second-order valence-corrected chi connectivity index (χ2v) is 9.55. The summed E-state index contributed by atoms with van der Waals surface area (Å²) in [5.74, 6) is 0.813. The second-order valence-electron chi connectivity index (χ2n) is 9.55. The maximum absolute atomic E-state index is 13.2. The van der Waals surface area contributed by atoms with Crippen LogP contribution in [0, 0.1) is 0 Å². The average molecular weight is 421 g/mol. The molecule has 4 rings (SSSR count). The molecule has 1 aliphatic carbocycles. The maximum atomic E-state index is 13.2. The van der Waals surface area contributed by atoms with E-state index in [0.29, 0.717) is 6.42 Å². The highest BCUT2D eigenvalue weighted by atomic mass is 16.5. The van der Waals surface area contributed by atoms with Crippen LogP contribution < -0.4 is 10.1 Å². The van der Waals surface area contributed by atoms with Crippen LogP contribution in [0.1, 0.15) is 51.3 Å². The monoisotopic (exact) mass is 420 g/mol. The third-order valence-corrected chi connectivity index (χ3v) is 6.27. The van der Waals surface area contributed by atoms with Crippen LogP contribution in [0.3, 0.4) is 0 Å². The number of methoxy groups -OCH3 is 1. The largest absolute Gasteiger partial charge is 0.497 e. The van der Waals surface area contributed by atoms with Gasteiger partial charge in [0.15, 0.2) is 0 Å². The number of nitrogens with zero attached hydrogens (tertiary/aromatic N) is 1. The number of aryl methyl sites for hydroxylation is 1. The van der Waals surface area contributed by atoms with E-state index >= 15 is 0 Å². The quantitative estimate of drug-likeness (QED) is 0.565. The number of aliphatic hydroxyl groups is 1. The van der Waals surface area contributed by atoms with Crippen LogP contribution >= 0.6 is 0 Å². The number of carbonyl (C=O) groups is 1. The fourth-order valence-corrected chi connectivity index (χ4v) is 4.38. The fourth-order valence-electron chi connectivity index (χ4n) is 4.38. The Balaban J connectivity index is 1.62. The van der Waals surface area contributed by atoms with Crippen LogP contribution in [0.25, 0.3) is 10.9 Å². The Labute approximate surface area is 184 Å². The summed E-state index contributed by atoms with van der Waals surface area (Å²) in [7, 11) is 1.65. The number of aliphatic hydroxyl groups excluding tert-OH is 1. The Bertz CT molecular complexity index is 1100. The van der Waals surface area contributed by atoms with Gasteiger partial charge in [-0.15, -0.1) is 0 Å². The Morgan fingerprint density at radius 3 is 2.58 bits per heavy atom. The molecule has 164 valence electrons. The molecule has 0 unspecified atom stereocenters. The number of ether oxygens (including phenoxy) is 1. The molecule has 1 aromatic heterocycles. The van der Waals surface area contributed by atoms with Crippen LogP contribution in [-0.4, -0.2) is 29.3 Å². The zero-order valence-corrected chi connectivity index (χ0v) is 18.9. The summed E-state index contributed by atoms with van der Waals surface area (Å²) in [4.78, 5) is 13.2. The highest BCUT2D eigenvalue weighted by molar-refractivity contribution is 6.02. The smallest absolute Gasteiger partial charge is 0.235 e. The molecular weight excluding hydrogens is 388 g/mol. The van der Waals surface area contributed by atoms with Crippen LogP contribution in [0.4, 0.5) is 5.69 Å². The topological polar surface area (TPSA) is 63.5 Å². The number of carbonyl (C=O) groups excluding carboxylic acids is 1. The summed E-state index contributed by atoms with van der Waals surface area (Å²) >= 11 is 0. The first kappa shape index (κ1) is 21.4. The van der Waals surface area contributed by atoms with Gasteiger partial charge in [-0.1, -0.05) is 32.9 Å². The number of aromatic nitrogens is 1. The zero-order valence-electron chi connectivity index (χ0n) is 18.9. The molecule has 0 aliphatic heterocycles. The molecule has 2 N–H and O–H groups in total. The Morgan fingerprint density at radius 1 is 1.16 bits per heavy atom. The molecule has 2 aromatic carbocycles. The number of amides is 1. The summed E-state index contributed by atoms with van der Waals surface area (Å²) in [6.07, 6.45) is 2.41. The van der Waals surface area contributed by atoms with Crippen molar-refractivity contribution >= 4 is 22.5 Å². The molecule has 1 fully saturated rings. The van der Waals surface area contributed by atoms with Gasteiger partial charge < -0.3 is 19.7 Å². The van der Waals surface area contributed by atoms with Crippen LogP contribution in [0.15, 0.2) is 48.5 Å². The van der Waals surface area contributed by atoms with Gasteiger partial charge in [-0.2, -0.15) is 0 Å². The first-order valence-corrected chi connectivity index (χ1v) is 11.0. The molecule has 1 amide bonds. The standard InChI is InChI=1S/C26H32N2O3/c1-25(2,3)23-16-18-15-20(9-10-22(18)28(23)13-6-14-29)27-24(30)26(11-12-26)19-7-5-8-21(17-19)31-4/h5,7-10,15-17,29H,6,11-14H2,1-4H3,(H,27,30). The van der Waals surface area contributed by atoms with Gasteiger partial charge in [0.05, 0.1) is 12.5 Å². The van der Waals surface area contributed by atoms with Crippen LogP contribution in [0.5, 0.6) is 5.75 Å². The summed E-state index contributed by atoms with van der Waals surface area (Å²) < 4.78 is 7.63. The van der Waals surface area contributed by atoms with E-state index in [1.54, 1.807) is 7.11 Å². The van der Waals surface area contributed by atoms with Crippen LogP contribution in [-0.2, 0) is 22.2 Å². The van der Waals surface area contributed by atoms with Gasteiger partial charge in [-0.25, -0.2) is 0 Å². The first-order valence-electron chi connectivity index (χ1n) is 11.0. The fraction of sp³-hybridized carbons (Fsp3) is 0.423. The minimum Gasteiger partial charge on any atom is -0.497 e. The van der Waals surface area contributed by atoms with Crippen molar-refractivity contribution in [2.45, 2.75) is 57.4 Å². The van der Waals surface area contributed by atoms with E-state index in [2.05, 4.69) is 48.9 Å². The Kier molecular flexibility index (Phi) is 5.56. The lowest BCUT2D eigenvalue weighted by atomic mass is 9.92. The highest BCUT2D eigenvalue weighted by Crippen LogP contribution is 2.49. The van der Waals surface area contributed by atoms with Gasteiger partial charge >= 0.3 is 0 Å². The summed E-state index contributed by atoms with van der Waals surface area (Å²) in [6, 6.07) is 16.1. The van der Waals surface area contributed by atoms with Gasteiger partial charge in [0.2, 0.25) is 5.91 Å². The highest BCUT2D eigenvalue weighted by Gasteiger charge is 2.51. The normalized spacial score (nSPS) is 15.1. The van der Waals surface area contributed by atoms with E-state index in [1.165, 1.54) is 5.69 Å². The average Bonchev–Trinajstić information content (AvgIpc) is 3.48. The number of anilines is 1. The van der Waals surface area contributed by atoms with Crippen LogP contribution in [0.2, 0.25) is 0 Å². The molecule has 0 radical (unpaired) electrons. The lowest BCUT2D eigenvalue weighted by Gasteiger charge is -2.22. The lowest BCUT2D eigenvalue weighted by Crippen LogP contribution is -2.27. The molecule has 1 aliphatic rings. The molecule has 0 saturated heterocycles.